The monoisotopic (exact) mass is 231 g/mol. The molecule has 0 aliphatic rings. The Morgan fingerprint density at radius 2 is 2.24 bits per heavy atom. The number of nitrogens with zero attached hydrogens (tertiary/aromatic N) is 3. The number of aryl methyl sites for hydroxylation is 2. The lowest BCUT2D eigenvalue weighted by molar-refractivity contribution is 0.220. The summed E-state index contributed by atoms with van der Waals surface area (Å²) in [5.41, 5.74) is 2.58. The van der Waals surface area contributed by atoms with Crippen LogP contribution in [0.2, 0.25) is 0 Å². The Bertz CT molecular complexity index is 493. The molecule has 4 nitrogen and oxygen atoms in total. The van der Waals surface area contributed by atoms with Crippen LogP contribution in [-0.4, -0.2) is 19.9 Å². The standard InChI is InChI=1S/C13H17N3O/c1-3-6-16-9-12(8-15-16)13(17)11-4-5-14-10(2)7-11/h4-5,7-9,13,17H,3,6H2,1-2H3. The van der Waals surface area contributed by atoms with Gasteiger partial charge in [-0.1, -0.05) is 6.92 Å². The van der Waals surface area contributed by atoms with Crippen molar-refractivity contribution in [2.45, 2.75) is 32.9 Å². The molecule has 0 aliphatic heterocycles. The Morgan fingerprint density at radius 3 is 2.94 bits per heavy atom. The fraction of sp³-hybridized carbons (Fsp3) is 0.385. The molecule has 90 valence electrons. The summed E-state index contributed by atoms with van der Waals surface area (Å²) in [4.78, 5) is 4.12. The Hall–Kier alpha value is -1.68. The van der Waals surface area contributed by atoms with Crippen molar-refractivity contribution >= 4 is 0 Å². The summed E-state index contributed by atoms with van der Waals surface area (Å²) in [5, 5.41) is 14.4. The molecule has 1 unspecified atom stereocenters. The van der Waals surface area contributed by atoms with Crippen LogP contribution in [0.3, 0.4) is 0 Å². The number of aliphatic hydroxyl groups is 1. The summed E-state index contributed by atoms with van der Waals surface area (Å²) < 4.78 is 1.85. The predicted molar refractivity (Wildman–Crippen MR) is 65.6 cm³/mol. The lowest BCUT2D eigenvalue weighted by Gasteiger charge is -2.08. The molecular weight excluding hydrogens is 214 g/mol. The van der Waals surface area contributed by atoms with E-state index in [-0.39, 0.29) is 0 Å². The fourth-order valence-electron chi connectivity index (χ4n) is 1.80. The Morgan fingerprint density at radius 1 is 1.41 bits per heavy atom. The van der Waals surface area contributed by atoms with Gasteiger partial charge in [-0.2, -0.15) is 5.10 Å². The van der Waals surface area contributed by atoms with E-state index in [1.807, 2.05) is 29.9 Å². The molecule has 2 aromatic heterocycles. The molecule has 0 radical (unpaired) electrons. The number of hydrogen-bond acceptors (Lipinski definition) is 3. The Labute approximate surface area is 101 Å². The van der Waals surface area contributed by atoms with Crippen LogP contribution in [0.4, 0.5) is 0 Å². The van der Waals surface area contributed by atoms with Gasteiger partial charge in [-0.25, -0.2) is 0 Å². The minimum absolute atomic E-state index is 0.623. The Kier molecular flexibility index (Phi) is 3.54. The van der Waals surface area contributed by atoms with Gasteiger partial charge in [0.25, 0.3) is 0 Å². The third-order valence-electron chi connectivity index (χ3n) is 2.66. The zero-order valence-corrected chi connectivity index (χ0v) is 10.2. The maximum atomic E-state index is 10.2. The van der Waals surface area contributed by atoms with Crippen LogP contribution >= 0.6 is 0 Å². The average Bonchev–Trinajstić information content (AvgIpc) is 2.77. The molecule has 0 aliphatic carbocycles. The van der Waals surface area contributed by atoms with Gasteiger partial charge in [0.1, 0.15) is 6.10 Å². The van der Waals surface area contributed by atoms with Crippen molar-refractivity contribution in [3.8, 4) is 0 Å². The first kappa shape index (κ1) is 11.8. The molecule has 17 heavy (non-hydrogen) atoms. The highest BCUT2D eigenvalue weighted by atomic mass is 16.3. The molecular formula is C13H17N3O. The lowest BCUT2D eigenvalue weighted by atomic mass is 10.1. The van der Waals surface area contributed by atoms with Gasteiger partial charge in [0.2, 0.25) is 0 Å². The number of pyridine rings is 1. The highest BCUT2D eigenvalue weighted by Gasteiger charge is 2.12. The van der Waals surface area contributed by atoms with Crippen LogP contribution in [0.5, 0.6) is 0 Å². The van der Waals surface area contributed by atoms with Gasteiger partial charge in [0.05, 0.1) is 6.20 Å². The van der Waals surface area contributed by atoms with Crippen molar-refractivity contribution in [3.63, 3.8) is 0 Å². The van der Waals surface area contributed by atoms with Crippen LogP contribution < -0.4 is 0 Å². The highest BCUT2D eigenvalue weighted by Crippen LogP contribution is 2.21. The minimum Gasteiger partial charge on any atom is -0.384 e. The number of rotatable bonds is 4. The normalized spacial score (nSPS) is 12.6. The molecule has 0 amide bonds. The third kappa shape index (κ3) is 2.71. The molecule has 1 atom stereocenters. The lowest BCUT2D eigenvalue weighted by Crippen LogP contribution is -2.00. The van der Waals surface area contributed by atoms with Gasteiger partial charge in [-0.05, 0) is 31.0 Å². The summed E-state index contributed by atoms with van der Waals surface area (Å²) >= 11 is 0. The molecule has 0 fully saturated rings. The zero-order chi connectivity index (χ0) is 12.3. The summed E-state index contributed by atoms with van der Waals surface area (Å²) in [7, 11) is 0. The third-order valence-corrected chi connectivity index (χ3v) is 2.66. The second-order valence-electron chi connectivity index (χ2n) is 4.17. The highest BCUT2D eigenvalue weighted by molar-refractivity contribution is 5.26. The van der Waals surface area contributed by atoms with Crippen molar-refractivity contribution < 1.29 is 5.11 Å². The maximum Gasteiger partial charge on any atom is 0.107 e. The van der Waals surface area contributed by atoms with E-state index in [1.165, 1.54) is 0 Å². The van der Waals surface area contributed by atoms with E-state index in [2.05, 4.69) is 17.0 Å². The first-order valence-electron chi connectivity index (χ1n) is 5.83. The van der Waals surface area contributed by atoms with Crippen LogP contribution in [0.15, 0.2) is 30.7 Å². The predicted octanol–water partition coefficient (Wildman–Crippen LogP) is 2.08. The average molecular weight is 231 g/mol. The van der Waals surface area contributed by atoms with E-state index in [9.17, 15) is 5.11 Å². The van der Waals surface area contributed by atoms with Crippen molar-refractivity contribution in [1.29, 1.82) is 0 Å². The fourth-order valence-corrected chi connectivity index (χ4v) is 1.80. The number of hydrogen-bond donors (Lipinski definition) is 1. The van der Waals surface area contributed by atoms with Crippen molar-refractivity contribution in [2.75, 3.05) is 0 Å². The maximum absolute atomic E-state index is 10.2. The second-order valence-corrected chi connectivity index (χ2v) is 4.17. The molecule has 2 rings (SSSR count). The molecule has 4 heteroatoms. The Balaban J connectivity index is 2.21. The topological polar surface area (TPSA) is 50.9 Å². The minimum atomic E-state index is -0.623. The van der Waals surface area contributed by atoms with Crippen LogP contribution in [0.1, 0.15) is 36.3 Å². The number of aromatic nitrogens is 3. The largest absolute Gasteiger partial charge is 0.384 e. The summed E-state index contributed by atoms with van der Waals surface area (Å²) in [6.45, 7) is 4.89. The first-order valence-corrected chi connectivity index (χ1v) is 5.83. The molecule has 1 N–H and O–H groups in total. The molecule has 2 heterocycles. The van der Waals surface area contributed by atoms with Gasteiger partial charge in [-0.15, -0.1) is 0 Å². The SMILES string of the molecule is CCCn1cc(C(O)c2ccnc(C)c2)cn1. The molecule has 0 saturated carbocycles. The summed E-state index contributed by atoms with van der Waals surface area (Å²) in [5.74, 6) is 0. The van der Waals surface area contributed by atoms with E-state index in [0.717, 1.165) is 29.8 Å². The molecule has 0 aromatic carbocycles. The van der Waals surface area contributed by atoms with Crippen LogP contribution in [-0.2, 0) is 6.54 Å². The van der Waals surface area contributed by atoms with E-state index in [1.54, 1.807) is 12.4 Å². The van der Waals surface area contributed by atoms with Crippen molar-refractivity contribution in [3.05, 3.63) is 47.5 Å². The first-order chi connectivity index (χ1) is 8.20. The molecule has 0 saturated heterocycles. The van der Waals surface area contributed by atoms with Gasteiger partial charge in [0.15, 0.2) is 0 Å². The smallest absolute Gasteiger partial charge is 0.107 e. The van der Waals surface area contributed by atoms with Crippen molar-refractivity contribution in [1.82, 2.24) is 14.8 Å². The van der Waals surface area contributed by atoms with E-state index in [0.29, 0.717) is 0 Å². The number of aliphatic hydroxyl groups excluding tert-OH is 1. The molecule has 2 aromatic rings. The molecule has 0 spiro atoms. The molecule has 0 bridgehead atoms. The van der Waals surface area contributed by atoms with Crippen LogP contribution in [0, 0.1) is 6.92 Å². The van der Waals surface area contributed by atoms with Gasteiger partial charge >= 0.3 is 0 Å². The zero-order valence-electron chi connectivity index (χ0n) is 10.2. The quantitative estimate of drug-likeness (QED) is 0.876. The van der Waals surface area contributed by atoms with Crippen molar-refractivity contribution in [2.24, 2.45) is 0 Å². The van der Waals surface area contributed by atoms with E-state index in [4.69, 9.17) is 0 Å². The van der Waals surface area contributed by atoms with E-state index >= 15 is 0 Å². The van der Waals surface area contributed by atoms with Crippen LogP contribution in [0.25, 0.3) is 0 Å². The summed E-state index contributed by atoms with van der Waals surface area (Å²) in [6, 6.07) is 3.72. The van der Waals surface area contributed by atoms with E-state index < -0.39 is 6.10 Å². The van der Waals surface area contributed by atoms with Gasteiger partial charge in [-0.3, -0.25) is 9.67 Å². The van der Waals surface area contributed by atoms with Gasteiger partial charge in [0, 0.05) is 30.2 Å². The summed E-state index contributed by atoms with van der Waals surface area (Å²) in [6.07, 6.45) is 5.73. The second kappa shape index (κ2) is 5.10. The van der Waals surface area contributed by atoms with Gasteiger partial charge < -0.3 is 5.11 Å².